The number of hydrogen-bond donors (Lipinski definition) is 2. The normalized spacial score (nSPS) is 11.4. The summed E-state index contributed by atoms with van der Waals surface area (Å²) in [5.74, 6) is -0.737. The van der Waals surface area contributed by atoms with Crippen molar-refractivity contribution in [1.82, 2.24) is 14.9 Å². The first-order chi connectivity index (χ1) is 12.9. The number of hydrogen-bond acceptors (Lipinski definition) is 4. The van der Waals surface area contributed by atoms with Crippen molar-refractivity contribution in [2.75, 3.05) is 26.2 Å². The highest BCUT2D eigenvalue weighted by Crippen LogP contribution is 2.16. The summed E-state index contributed by atoms with van der Waals surface area (Å²) in [5.41, 5.74) is 0.207. The summed E-state index contributed by atoms with van der Waals surface area (Å²) in [5, 5.41) is 5.29. The van der Waals surface area contributed by atoms with Crippen LogP contribution in [0.15, 0.2) is 29.2 Å². The molecule has 1 aromatic rings. The fraction of sp³-hybridized carbons (Fsp3) is 0.579. The van der Waals surface area contributed by atoms with Crippen LogP contribution < -0.4 is 10.6 Å². The Morgan fingerprint density at radius 1 is 1.00 bits per heavy atom. The molecule has 0 aromatic heterocycles. The van der Waals surface area contributed by atoms with E-state index in [0.29, 0.717) is 19.6 Å². The van der Waals surface area contributed by atoms with Crippen molar-refractivity contribution in [2.45, 2.75) is 51.3 Å². The van der Waals surface area contributed by atoms with Crippen LogP contribution in [0.5, 0.6) is 0 Å². The van der Waals surface area contributed by atoms with Gasteiger partial charge < -0.3 is 10.6 Å². The molecule has 8 heteroatoms. The van der Waals surface area contributed by atoms with Gasteiger partial charge in [-0.1, -0.05) is 46.1 Å². The highest BCUT2D eigenvalue weighted by atomic mass is 32.2. The summed E-state index contributed by atoms with van der Waals surface area (Å²) in [6, 6.07) is 5.86. The third-order valence-electron chi connectivity index (χ3n) is 4.20. The molecule has 0 heterocycles. The van der Waals surface area contributed by atoms with Crippen molar-refractivity contribution in [3.8, 4) is 0 Å². The van der Waals surface area contributed by atoms with Crippen LogP contribution in [-0.4, -0.2) is 50.7 Å². The summed E-state index contributed by atoms with van der Waals surface area (Å²) in [4.78, 5) is 24.1. The van der Waals surface area contributed by atoms with Gasteiger partial charge in [-0.25, -0.2) is 8.42 Å². The zero-order valence-corrected chi connectivity index (χ0v) is 17.3. The van der Waals surface area contributed by atoms with Crippen molar-refractivity contribution in [2.24, 2.45) is 0 Å². The lowest BCUT2D eigenvalue weighted by Crippen LogP contribution is -2.37. The lowest BCUT2D eigenvalue weighted by atomic mass is 10.2. The second-order valence-electron chi connectivity index (χ2n) is 6.21. The smallest absolute Gasteiger partial charge is 0.251 e. The molecule has 0 fully saturated rings. The molecule has 0 unspecified atom stereocenters. The van der Waals surface area contributed by atoms with Crippen LogP contribution in [0, 0.1) is 0 Å². The lowest BCUT2D eigenvalue weighted by Gasteiger charge is -2.18. The minimum absolute atomic E-state index is 0.0687. The van der Waals surface area contributed by atoms with Crippen molar-refractivity contribution in [1.29, 1.82) is 0 Å². The molecule has 0 aliphatic carbocycles. The first kappa shape index (κ1) is 23.1. The van der Waals surface area contributed by atoms with Crippen LogP contribution >= 0.6 is 0 Å². The van der Waals surface area contributed by atoms with Crippen molar-refractivity contribution < 1.29 is 18.0 Å². The van der Waals surface area contributed by atoms with Crippen LogP contribution in [0.1, 0.15) is 56.8 Å². The molecular weight excluding hydrogens is 366 g/mol. The minimum atomic E-state index is -3.63. The van der Waals surface area contributed by atoms with Gasteiger partial charge >= 0.3 is 0 Å². The average Bonchev–Trinajstić information content (AvgIpc) is 2.66. The monoisotopic (exact) mass is 397 g/mol. The van der Waals surface area contributed by atoms with Gasteiger partial charge in [-0.2, -0.15) is 4.31 Å². The van der Waals surface area contributed by atoms with E-state index in [1.807, 2.05) is 0 Å². The van der Waals surface area contributed by atoms with E-state index in [1.54, 1.807) is 13.8 Å². The topological polar surface area (TPSA) is 95.6 Å². The summed E-state index contributed by atoms with van der Waals surface area (Å²) >= 11 is 0. The molecular formula is C19H31N3O4S. The molecule has 1 rings (SSSR count). The highest BCUT2D eigenvalue weighted by molar-refractivity contribution is 7.89. The molecule has 7 nitrogen and oxygen atoms in total. The number of rotatable bonds is 12. The van der Waals surface area contributed by atoms with Crippen LogP contribution in [0.2, 0.25) is 0 Å². The highest BCUT2D eigenvalue weighted by Gasteiger charge is 2.22. The van der Waals surface area contributed by atoms with E-state index in [9.17, 15) is 18.0 Å². The first-order valence-corrected chi connectivity index (χ1v) is 11.0. The summed E-state index contributed by atoms with van der Waals surface area (Å²) < 4.78 is 26.4. The molecule has 0 saturated heterocycles. The zero-order valence-electron chi connectivity index (χ0n) is 16.5. The third-order valence-corrected chi connectivity index (χ3v) is 6.25. The van der Waals surface area contributed by atoms with E-state index in [4.69, 9.17) is 0 Å². The number of nitrogens with zero attached hydrogens (tertiary/aromatic N) is 1. The van der Waals surface area contributed by atoms with Crippen LogP contribution in [0.3, 0.4) is 0 Å². The zero-order chi connectivity index (χ0) is 20.3. The van der Waals surface area contributed by atoms with Crippen LogP contribution in [0.25, 0.3) is 0 Å². The summed E-state index contributed by atoms with van der Waals surface area (Å²) in [7, 11) is -3.63. The first-order valence-electron chi connectivity index (χ1n) is 9.51. The molecule has 0 aliphatic heterocycles. The number of nitrogens with one attached hydrogen (secondary N) is 2. The number of amides is 2. The maximum Gasteiger partial charge on any atom is 0.251 e. The molecule has 0 atom stereocenters. The average molecular weight is 398 g/mol. The predicted octanol–water partition coefficient (Wildman–Crippen LogP) is 2.14. The Balaban J connectivity index is 2.63. The van der Waals surface area contributed by atoms with E-state index in [2.05, 4.69) is 17.6 Å². The van der Waals surface area contributed by atoms with E-state index < -0.39 is 15.9 Å². The minimum Gasteiger partial charge on any atom is -0.355 e. The van der Waals surface area contributed by atoms with Crippen LogP contribution in [-0.2, 0) is 14.8 Å². The Morgan fingerprint density at radius 3 is 2.33 bits per heavy atom. The molecule has 2 amide bonds. The Kier molecular flexibility index (Phi) is 10.0. The molecule has 0 aliphatic rings. The molecule has 152 valence electrons. The number of carbonyl (C=O) groups excluding carboxylic acids is 2. The fourth-order valence-electron chi connectivity index (χ4n) is 2.62. The van der Waals surface area contributed by atoms with Gasteiger partial charge in [0, 0.05) is 25.2 Å². The van der Waals surface area contributed by atoms with E-state index >= 15 is 0 Å². The van der Waals surface area contributed by atoms with Gasteiger partial charge in [0.25, 0.3) is 5.91 Å². The van der Waals surface area contributed by atoms with Gasteiger partial charge in [0.15, 0.2) is 0 Å². The van der Waals surface area contributed by atoms with Gasteiger partial charge in [0.05, 0.1) is 11.4 Å². The van der Waals surface area contributed by atoms with Gasteiger partial charge in [0.2, 0.25) is 15.9 Å². The second kappa shape index (κ2) is 11.7. The Labute approximate surface area is 162 Å². The maximum atomic E-state index is 12.6. The molecule has 0 bridgehead atoms. The lowest BCUT2D eigenvalue weighted by molar-refractivity contribution is -0.120. The SMILES string of the molecule is CCCCCCNC(=O)CNC(=O)c1cccc(S(=O)(=O)N(CC)CC)c1. The van der Waals surface area contributed by atoms with Gasteiger partial charge in [-0.3, -0.25) is 9.59 Å². The van der Waals surface area contributed by atoms with Crippen molar-refractivity contribution in [3.05, 3.63) is 29.8 Å². The quantitative estimate of drug-likeness (QED) is 0.528. The van der Waals surface area contributed by atoms with Gasteiger partial charge in [-0.15, -0.1) is 0 Å². The molecule has 27 heavy (non-hydrogen) atoms. The second-order valence-corrected chi connectivity index (χ2v) is 8.15. The predicted molar refractivity (Wildman–Crippen MR) is 106 cm³/mol. The number of unbranched alkanes of at least 4 members (excludes halogenated alkanes) is 3. The number of sulfonamides is 1. The Bertz CT molecular complexity index is 715. The van der Waals surface area contributed by atoms with Crippen molar-refractivity contribution >= 4 is 21.8 Å². The van der Waals surface area contributed by atoms with Gasteiger partial charge in [0.1, 0.15) is 0 Å². The number of benzene rings is 1. The largest absolute Gasteiger partial charge is 0.355 e. The van der Waals surface area contributed by atoms with E-state index in [-0.39, 0.29) is 22.9 Å². The third kappa shape index (κ3) is 7.30. The maximum absolute atomic E-state index is 12.6. The number of carbonyl (C=O) groups is 2. The molecule has 0 saturated carbocycles. The van der Waals surface area contributed by atoms with Gasteiger partial charge in [-0.05, 0) is 24.6 Å². The molecule has 0 spiro atoms. The standard InChI is InChI=1S/C19H31N3O4S/c1-4-7-8-9-13-20-18(23)15-21-19(24)16-11-10-12-17(14-16)27(25,26)22(5-2)6-3/h10-12,14H,4-9,13,15H2,1-3H3,(H,20,23)(H,21,24). The van der Waals surface area contributed by atoms with Crippen molar-refractivity contribution in [3.63, 3.8) is 0 Å². The Morgan fingerprint density at radius 2 is 1.70 bits per heavy atom. The Hall–Kier alpha value is -1.93. The molecule has 2 N–H and O–H groups in total. The van der Waals surface area contributed by atoms with E-state index in [1.165, 1.54) is 28.6 Å². The summed E-state index contributed by atoms with van der Waals surface area (Å²) in [6.45, 7) is 6.81. The molecule has 1 aromatic carbocycles. The van der Waals surface area contributed by atoms with Crippen LogP contribution in [0.4, 0.5) is 0 Å². The summed E-state index contributed by atoms with van der Waals surface area (Å²) in [6.07, 6.45) is 4.25. The van der Waals surface area contributed by atoms with E-state index in [0.717, 1.165) is 25.7 Å². The molecule has 0 radical (unpaired) electrons. The fourth-order valence-corrected chi connectivity index (χ4v) is 4.12.